The molecule has 10 nitrogen and oxygen atoms in total. The number of hydrogen-bond acceptors (Lipinski definition) is 8. The van der Waals surface area contributed by atoms with E-state index in [2.05, 4.69) is 104 Å². The molecule has 2 aromatic carbocycles. The predicted octanol–water partition coefficient (Wildman–Crippen LogP) is 8.58. The number of piperidine rings is 2. The van der Waals surface area contributed by atoms with Crippen molar-refractivity contribution in [1.82, 2.24) is 9.80 Å². The molecular weight excluding hydrogens is 730 g/mol. The van der Waals surface area contributed by atoms with Gasteiger partial charge in [-0.2, -0.15) is 0 Å². The molecule has 0 spiro atoms. The van der Waals surface area contributed by atoms with Crippen LogP contribution in [0, 0.1) is 5.92 Å². The molecule has 2 aromatic rings. The Hall–Kier alpha value is -3.31. The van der Waals surface area contributed by atoms with Crippen LogP contribution in [0.15, 0.2) is 54.1 Å². The first kappa shape index (κ1) is 45.8. The largest absolute Gasteiger partial charge is 0.494 e. The van der Waals surface area contributed by atoms with Gasteiger partial charge in [0.1, 0.15) is 11.2 Å². The van der Waals surface area contributed by atoms with Crippen molar-refractivity contribution < 1.29 is 37.7 Å². The van der Waals surface area contributed by atoms with E-state index < -0.39 is 11.2 Å². The summed E-state index contributed by atoms with van der Waals surface area (Å²) >= 11 is 0. The van der Waals surface area contributed by atoms with Gasteiger partial charge in [-0.05, 0) is 157 Å². The molecule has 0 aliphatic carbocycles. The fourth-order valence-electron chi connectivity index (χ4n) is 7.28. The molecule has 0 bridgehead atoms. The second-order valence-electron chi connectivity index (χ2n) is 20.5. The highest BCUT2D eigenvalue weighted by atomic mass is 16.7. The van der Waals surface area contributed by atoms with Crippen molar-refractivity contribution in [3.05, 3.63) is 65.2 Å². The molecule has 0 N–H and O–H groups in total. The molecule has 4 heterocycles. The summed E-state index contributed by atoms with van der Waals surface area (Å²) in [5.74, 6) is 0.572. The number of carbonyl (C=O) groups excluding carboxylic acids is 2. The smallest absolute Gasteiger partial charge is 0.444 e. The molecule has 12 heteroatoms. The first-order valence-electron chi connectivity index (χ1n) is 21.3. The lowest BCUT2D eigenvalue weighted by atomic mass is 9.77. The number of likely N-dealkylation sites (tertiary alicyclic amines) is 2. The van der Waals surface area contributed by atoms with Crippen LogP contribution in [-0.4, -0.2) is 96.0 Å². The van der Waals surface area contributed by atoms with E-state index in [0.717, 1.165) is 61.7 Å². The van der Waals surface area contributed by atoms with E-state index in [4.69, 9.17) is 28.1 Å². The zero-order chi connectivity index (χ0) is 42.9. The van der Waals surface area contributed by atoms with Gasteiger partial charge in [0.15, 0.2) is 0 Å². The van der Waals surface area contributed by atoms with E-state index in [1.165, 1.54) is 11.1 Å². The first-order chi connectivity index (χ1) is 26.7. The highest BCUT2D eigenvalue weighted by molar-refractivity contribution is 6.62. The first-order valence-corrected chi connectivity index (χ1v) is 21.3. The quantitative estimate of drug-likeness (QED) is 0.278. The van der Waals surface area contributed by atoms with Crippen molar-refractivity contribution in [2.45, 2.75) is 163 Å². The lowest BCUT2D eigenvalue weighted by Gasteiger charge is -2.33. The molecule has 0 saturated carbocycles. The fourth-order valence-corrected chi connectivity index (χ4v) is 7.28. The van der Waals surface area contributed by atoms with E-state index in [9.17, 15) is 9.59 Å². The SMILES string of the molecule is CC(C)(C)OC(=O)N1CCC(=Cc2cccc(B3OC(C)(C)C(C)(C)O3)c2)CC1.CC(C)(C)OC(=O)N1CCC(Cc2cccc(B3OC(C)(C)C(C)(C)O3)c2)CC1. The van der Waals surface area contributed by atoms with E-state index in [-0.39, 0.29) is 48.8 Å². The predicted molar refractivity (Wildman–Crippen MR) is 234 cm³/mol. The molecule has 4 saturated heterocycles. The van der Waals surface area contributed by atoms with Crippen LogP contribution in [-0.2, 0) is 34.5 Å². The van der Waals surface area contributed by atoms with E-state index in [1.54, 1.807) is 4.90 Å². The Kier molecular flexibility index (Phi) is 13.7. The standard InChI is InChI=1S/C23H36BNO4.C23H34BNO4/c2*1-21(2,3)27-20(26)25-13-11-17(12-14-25)15-18-9-8-10-19(16-18)24-28-22(4,5)23(6,7)29-24/h8-10,16-17H,11-15H2,1-7H3;8-10,15-16H,11-14H2,1-7H3. The summed E-state index contributed by atoms with van der Waals surface area (Å²) in [5, 5.41) is 0. The number of amides is 2. The summed E-state index contributed by atoms with van der Waals surface area (Å²) in [4.78, 5) is 28.1. The zero-order valence-electron chi connectivity index (χ0n) is 38.0. The summed E-state index contributed by atoms with van der Waals surface area (Å²) in [7, 11) is -0.679. The Bertz CT molecular complexity index is 1740. The number of nitrogens with zero attached hydrogens (tertiary/aromatic N) is 2. The summed E-state index contributed by atoms with van der Waals surface area (Å²) in [6.07, 6.45) is 6.54. The zero-order valence-corrected chi connectivity index (χ0v) is 38.0. The van der Waals surface area contributed by atoms with Gasteiger partial charge in [-0.15, -0.1) is 0 Å². The number of hydrogen-bond donors (Lipinski definition) is 0. The molecule has 4 fully saturated rings. The van der Waals surface area contributed by atoms with Crippen molar-refractivity contribution in [1.29, 1.82) is 0 Å². The molecule has 0 radical (unpaired) electrons. The molecule has 6 rings (SSSR count). The Morgan fingerprint density at radius 2 is 1.07 bits per heavy atom. The highest BCUT2D eigenvalue weighted by Gasteiger charge is 2.52. The summed E-state index contributed by atoms with van der Waals surface area (Å²) in [6.45, 7) is 30.9. The minimum absolute atomic E-state index is 0.196. The van der Waals surface area contributed by atoms with Crippen molar-refractivity contribution in [2.75, 3.05) is 26.2 Å². The minimum atomic E-state index is -0.457. The van der Waals surface area contributed by atoms with Crippen LogP contribution >= 0.6 is 0 Å². The summed E-state index contributed by atoms with van der Waals surface area (Å²) in [6, 6.07) is 16.9. The summed E-state index contributed by atoms with van der Waals surface area (Å²) in [5.41, 5.74) is 3.63. The maximum atomic E-state index is 12.3. The van der Waals surface area contributed by atoms with Gasteiger partial charge in [0, 0.05) is 26.2 Å². The van der Waals surface area contributed by atoms with Crippen LogP contribution in [0.2, 0.25) is 0 Å². The molecule has 58 heavy (non-hydrogen) atoms. The van der Waals surface area contributed by atoms with Gasteiger partial charge >= 0.3 is 26.4 Å². The van der Waals surface area contributed by atoms with Crippen LogP contribution in [0.25, 0.3) is 6.08 Å². The third-order valence-corrected chi connectivity index (χ3v) is 12.1. The third kappa shape index (κ3) is 11.9. The van der Waals surface area contributed by atoms with Crippen LogP contribution < -0.4 is 10.9 Å². The molecule has 4 aliphatic rings. The molecule has 4 aliphatic heterocycles. The highest BCUT2D eigenvalue weighted by Crippen LogP contribution is 2.38. The Morgan fingerprint density at radius 3 is 1.52 bits per heavy atom. The van der Waals surface area contributed by atoms with Gasteiger partial charge in [-0.1, -0.05) is 60.2 Å². The number of carbonyl (C=O) groups is 2. The van der Waals surface area contributed by atoms with Gasteiger partial charge in [-0.3, -0.25) is 0 Å². The van der Waals surface area contributed by atoms with Crippen molar-refractivity contribution in [3.63, 3.8) is 0 Å². The fraction of sp³-hybridized carbons (Fsp3) is 0.652. The van der Waals surface area contributed by atoms with Crippen molar-refractivity contribution >= 4 is 43.4 Å². The van der Waals surface area contributed by atoms with Gasteiger partial charge in [0.2, 0.25) is 0 Å². The van der Waals surface area contributed by atoms with Gasteiger partial charge in [0.05, 0.1) is 22.4 Å². The minimum Gasteiger partial charge on any atom is -0.444 e. The van der Waals surface area contributed by atoms with Crippen LogP contribution in [0.4, 0.5) is 9.59 Å². The number of rotatable bonds is 5. The number of ether oxygens (including phenoxy) is 2. The molecule has 318 valence electrons. The van der Waals surface area contributed by atoms with Crippen molar-refractivity contribution in [2.24, 2.45) is 5.92 Å². The van der Waals surface area contributed by atoms with Crippen LogP contribution in [0.1, 0.15) is 134 Å². The van der Waals surface area contributed by atoms with Gasteiger partial charge in [0.25, 0.3) is 0 Å². The van der Waals surface area contributed by atoms with E-state index in [0.29, 0.717) is 19.0 Å². The Labute approximate surface area is 349 Å². The monoisotopic (exact) mass is 801 g/mol. The molecule has 2 amide bonds. The molecule has 0 unspecified atom stereocenters. The van der Waals surface area contributed by atoms with Crippen LogP contribution in [0.3, 0.4) is 0 Å². The lowest BCUT2D eigenvalue weighted by Crippen LogP contribution is -2.42. The lowest BCUT2D eigenvalue weighted by molar-refractivity contribution is 0.00578. The van der Waals surface area contributed by atoms with Crippen molar-refractivity contribution in [3.8, 4) is 0 Å². The molecule has 0 atom stereocenters. The van der Waals surface area contributed by atoms with Gasteiger partial charge < -0.3 is 37.9 Å². The van der Waals surface area contributed by atoms with E-state index >= 15 is 0 Å². The average Bonchev–Trinajstić information content (AvgIpc) is 3.47. The third-order valence-electron chi connectivity index (χ3n) is 12.1. The molecular formula is C46H70B2N2O8. The topological polar surface area (TPSA) is 96.0 Å². The molecule has 0 aromatic heterocycles. The Morgan fingerprint density at radius 1 is 0.655 bits per heavy atom. The second kappa shape index (κ2) is 17.3. The summed E-state index contributed by atoms with van der Waals surface area (Å²) < 4.78 is 35.7. The second-order valence-corrected chi connectivity index (χ2v) is 20.5. The maximum Gasteiger partial charge on any atom is 0.494 e. The Balaban J connectivity index is 0.000000221. The number of benzene rings is 2. The maximum absolute atomic E-state index is 12.3. The van der Waals surface area contributed by atoms with Gasteiger partial charge in [-0.25, -0.2) is 9.59 Å². The average molecular weight is 801 g/mol. The van der Waals surface area contributed by atoms with Crippen LogP contribution in [0.5, 0.6) is 0 Å². The van der Waals surface area contributed by atoms with E-state index in [1.807, 2.05) is 52.5 Å². The normalized spacial score (nSPS) is 21.7.